The SMILES string of the molecule is CCC(C)NCCC(=O)Nc1sc2c(c1-c1nc3cnccc3s1)CCN(C(=O)O)C2. The molecule has 1 aliphatic heterocycles. The summed E-state index contributed by atoms with van der Waals surface area (Å²) in [7, 11) is 0. The first kappa shape index (κ1) is 21.7. The first-order chi connectivity index (χ1) is 15.0. The number of carbonyl (C=O) groups excluding carboxylic acids is 1. The lowest BCUT2D eigenvalue weighted by atomic mass is 10.0. The van der Waals surface area contributed by atoms with Crippen LogP contribution in [0.5, 0.6) is 0 Å². The number of aromatic nitrogens is 2. The monoisotopic (exact) mass is 459 g/mol. The molecule has 1 unspecified atom stereocenters. The van der Waals surface area contributed by atoms with Gasteiger partial charge in [-0.3, -0.25) is 9.78 Å². The van der Waals surface area contributed by atoms with E-state index < -0.39 is 6.09 Å². The van der Waals surface area contributed by atoms with E-state index in [2.05, 4.69) is 29.5 Å². The third-order valence-corrected chi connectivity index (χ3v) is 7.63. The lowest BCUT2D eigenvalue weighted by molar-refractivity contribution is -0.116. The van der Waals surface area contributed by atoms with Crippen molar-refractivity contribution in [2.75, 3.05) is 18.4 Å². The van der Waals surface area contributed by atoms with E-state index in [-0.39, 0.29) is 5.91 Å². The van der Waals surface area contributed by atoms with Crippen molar-refractivity contribution in [3.63, 3.8) is 0 Å². The van der Waals surface area contributed by atoms with Crippen LogP contribution in [0, 0.1) is 0 Å². The number of nitrogens with zero attached hydrogens (tertiary/aromatic N) is 3. The minimum atomic E-state index is -0.923. The number of nitrogens with one attached hydrogen (secondary N) is 2. The molecule has 4 rings (SSSR count). The van der Waals surface area contributed by atoms with Crippen molar-refractivity contribution in [3.05, 3.63) is 28.9 Å². The maximum Gasteiger partial charge on any atom is 0.407 e. The molecule has 0 aliphatic carbocycles. The number of thiazole rings is 1. The van der Waals surface area contributed by atoms with Gasteiger partial charge in [0.1, 0.15) is 15.5 Å². The summed E-state index contributed by atoms with van der Waals surface area (Å²) in [5.41, 5.74) is 2.83. The second-order valence-corrected chi connectivity index (χ2v) is 9.72. The molecule has 3 aromatic rings. The van der Waals surface area contributed by atoms with Gasteiger partial charge in [0.25, 0.3) is 0 Å². The van der Waals surface area contributed by atoms with Gasteiger partial charge in [-0.1, -0.05) is 6.92 Å². The summed E-state index contributed by atoms with van der Waals surface area (Å²) in [5, 5.41) is 17.4. The number of anilines is 1. The van der Waals surface area contributed by atoms with Crippen LogP contribution in [0.4, 0.5) is 9.80 Å². The first-order valence-corrected chi connectivity index (χ1v) is 12.0. The predicted molar refractivity (Wildman–Crippen MR) is 124 cm³/mol. The van der Waals surface area contributed by atoms with Gasteiger partial charge < -0.3 is 20.6 Å². The summed E-state index contributed by atoms with van der Waals surface area (Å²) >= 11 is 3.02. The van der Waals surface area contributed by atoms with Crippen molar-refractivity contribution >= 4 is 49.9 Å². The van der Waals surface area contributed by atoms with Gasteiger partial charge in [-0.25, -0.2) is 9.78 Å². The van der Waals surface area contributed by atoms with Crippen molar-refractivity contribution in [2.45, 2.75) is 45.7 Å². The van der Waals surface area contributed by atoms with E-state index in [1.165, 1.54) is 16.2 Å². The normalized spacial score (nSPS) is 14.5. The standard InChI is InChI=1S/C21H25N5O3S2/c1-3-12(2)23-8-5-17(27)25-20-18(19-24-14-10-22-7-4-15(14)30-19)13-6-9-26(21(28)29)11-16(13)31-20/h4,7,10,12,23H,3,5-6,8-9,11H2,1-2H3,(H,25,27)(H,28,29). The van der Waals surface area contributed by atoms with E-state index >= 15 is 0 Å². The molecule has 3 N–H and O–H groups in total. The molecule has 2 amide bonds. The van der Waals surface area contributed by atoms with Gasteiger partial charge >= 0.3 is 6.09 Å². The summed E-state index contributed by atoms with van der Waals surface area (Å²) in [5.74, 6) is -0.0616. The van der Waals surface area contributed by atoms with Gasteiger partial charge in [0.15, 0.2) is 0 Å². The molecule has 0 fully saturated rings. The fraction of sp³-hybridized carbons (Fsp3) is 0.429. The van der Waals surface area contributed by atoms with Crippen LogP contribution in [0.15, 0.2) is 18.5 Å². The van der Waals surface area contributed by atoms with Crippen LogP contribution in [0.1, 0.15) is 37.1 Å². The molecule has 0 saturated carbocycles. The number of carboxylic acid groups (broad SMARTS) is 1. The van der Waals surface area contributed by atoms with Crippen LogP contribution in [0.2, 0.25) is 0 Å². The van der Waals surface area contributed by atoms with Crippen molar-refractivity contribution in [3.8, 4) is 10.6 Å². The fourth-order valence-corrected chi connectivity index (χ4v) is 5.89. The largest absolute Gasteiger partial charge is 0.465 e. The predicted octanol–water partition coefficient (Wildman–Crippen LogP) is 4.17. The number of hydrogen-bond donors (Lipinski definition) is 3. The van der Waals surface area contributed by atoms with Gasteiger partial charge in [-0.2, -0.15) is 0 Å². The number of hydrogen-bond acceptors (Lipinski definition) is 7. The number of fused-ring (bicyclic) bond motifs is 2. The average Bonchev–Trinajstić information content (AvgIpc) is 3.33. The zero-order valence-corrected chi connectivity index (χ0v) is 19.1. The van der Waals surface area contributed by atoms with Crippen molar-refractivity contribution < 1.29 is 14.7 Å². The van der Waals surface area contributed by atoms with Crippen LogP contribution < -0.4 is 10.6 Å². The number of thiophene rings is 1. The highest BCUT2D eigenvalue weighted by Crippen LogP contribution is 2.45. The Morgan fingerprint density at radius 2 is 2.19 bits per heavy atom. The number of carbonyl (C=O) groups is 2. The lowest BCUT2D eigenvalue weighted by Gasteiger charge is -2.24. The van der Waals surface area contributed by atoms with E-state index in [1.54, 1.807) is 23.7 Å². The summed E-state index contributed by atoms with van der Waals surface area (Å²) in [6.45, 7) is 5.58. The van der Waals surface area contributed by atoms with Crippen LogP contribution in [-0.2, 0) is 17.8 Å². The Labute approximate surface area is 188 Å². The van der Waals surface area contributed by atoms with Gasteiger partial charge in [-0.15, -0.1) is 22.7 Å². The Bertz CT molecular complexity index is 1080. The quantitative estimate of drug-likeness (QED) is 0.489. The second-order valence-electron chi connectivity index (χ2n) is 7.59. The molecule has 31 heavy (non-hydrogen) atoms. The van der Waals surface area contributed by atoms with E-state index in [4.69, 9.17) is 4.98 Å². The molecule has 10 heteroatoms. The Morgan fingerprint density at radius 1 is 1.35 bits per heavy atom. The molecule has 164 valence electrons. The minimum Gasteiger partial charge on any atom is -0.465 e. The molecule has 4 heterocycles. The smallest absolute Gasteiger partial charge is 0.407 e. The van der Waals surface area contributed by atoms with Gasteiger partial charge in [0, 0.05) is 42.2 Å². The first-order valence-electron chi connectivity index (χ1n) is 10.3. The summed E-state index contributed by atoms with van der Waals surface area (Å²) in [4.78, 5) is 35.4. The fourth-order valence-electron chi connectivity index (χ4n) is 3.53. The van der Waals surface area contributed by atoms with Gasteiger partial charge in [0.05, 0.1) is 17.4 Å². The molecule has 0 saturated heterocycles. The highest BCUT2D eigenvalue weighted by Gasteiger charge is 2.29. The Balaban J connectivity index is 1.64. The lowest BCUT2D eigenvalue weighted by Crippen LogP contribution is -2.34. The zero-order chi connectivity index (χ0) is 22.0. The summed E-state index contributed by atoms with van der Waals surface area (Å²) in [6.07, 6.45) is 4.54. The van der Waals surface area contributed by atoms with Gasteiger partial charge in [-0.05, 0) is 31.4 Å². The van der Waals surface area contributed by atoms with Gasteiger partial charge in [0.2, 0.25) is 5.91 Å². The highest BCUT2D eigenvalue weighted by atomic mass is 32.1. The third-order valence-electron chi connectivity index (χ3n) is 5.44. The zero-order valence-electron chi connectivity index (χ0n) is 17.5. The van der Waals surface area contributed by atoms with E-state index in [0.717, 1.165) is 42.7 Å². The maximum absolute atomic E-state index is 12.6. The molecular formula is C21H25N5O3S2. The molecule has 0 aromatic carbocycles. The Kier molecular flexibility index (Phi) is 6.49. The van der Waals surface area contributed by atoms with Crippen molar-refractivity contribution in [1.29, 1.82) is 0 Å². The molecular weight excluding hydrogens is 434 g/mol. The summed E-state index contributed by atoms with van der Waals surface area (Å²) in [6, 6.07) is 2.30. The maximum atomic E-state index is 12.6. The summed E-state index contributed by atoms with van der Waals surface area (Å²) < 4.78 is 1.03. The molecule has 0 radical (unpaired) electrons. The molecule has 8 nitrogen and oxygen atoms in total. The Morgan fingerprint density at radius 3 is 2.94 bits per heavy atom. The van der Waals surface area contributed by atoms with E-state index in [1.807, 2.05) is 6.07 Å². The van der Waals surface area contributed by atoms with E-state index in [0.29, 0.717) is 38.5 Å². The van der Waals surface area contributed by atoms with Crippen LogP contribution in [-0.4, -0.2) is 51.1 Å². The number of rotatable bonds is 7. The molecule has 0 spiro atoms. The highest BCUT2D eigenvalue weighted by molar-refractivity contribution is 7.22. The van der Waals surface area contributed by atoms with Crippen LogP contribution >= 0.6 is 22.7 Å². The molecule has 1 atom stereocenters. The average molecular weight is 460 g/mol. The topological polar surface area (TPSA) is 107 Å². The van der Waals surface area contributed by atoms with Crippen LogP contribution in [0.3, 0.4) is 0 Å². The number of amides is 2. The van der Waals surface area contributed by atoms with E-state index in [9.17, 15) is 14.7 Å². The van der Waals surface area contributed by atoms with Crippen molar-refractivity contribution in [1.82, 2.24) is 20.2 Å². The third kappa shape index (κ3) is 4.70. The molecule has 1 aliphatic rings. The Hall–Kier alpha value is -2.56. The van der Waals surface area contributed by atoms with Crippen LogP contribution in [0.25, 0.3) is 20.8 Å². The molecule has 0 bridgehead atoms. The van der Waals surface area contributed by atoms with Crippen molar-refractivity contribution in [2.24, 2.45) is 0 Å². The second kappa shape index (κ2) is 9.29. The minimum absolute atomic E-state index is 0.0616. The number of pyridine rings is 1. The molecule has 3 aromatic heterocycles.